The second-order valence-corrected chi connectivity index (χ2v) is 24.8. The molecule has 8 heteroatoms. The summed E-state index contributed by atoms with van der Waals surface area (Å²) in [4.78, 5) is 0. The highest BCUT2D eigenvalue weighted by Gasteiger charge is 2.53. The third kappa shape index (κ3) is 9.05. The molecule has 2 aliphatic heterocycles. The number of nitrogens with two attached hydrogens (primary N) is 1. The zero-order valence-corrected chi connectivity index (χ0v) is 34.2. The van der Waals surface area contributed by atoms with Crippen LogP contribution in [0, 0.1) is 0 Å². The molecule has 4 atom stereocenters. The van der Waals surface area contributed by atoms with Gasteiger partial charge in [0.25, 0.3) is 16.6 Å². The SMILES string of the molecule is CC(C)(C)[Si](O[C@H]1CO[C@H](CCN)C1)(c1ccccc1)c1ccccc1.CC(C)(C)[Si](O[C@H]1CO[C@H](CCO)C1)(c1ccccc1)c1ccccc1. The largest absolute Gasteiger partial charge is 0.402 e. The first-order valence-corrected chi connectivity index (χ1v) is 22.9. The first-order valence-electron chi connectivity index (χ1n) is 19.1. The lowest BCUT2D eigenvalue weighted by atomic mass is 10.1. The second-order valence-electron chi connectivity index (χ2n) is 16.3. The molecule has 2 aliphatic rings. The molecular formula is C44H61NO5Si2. The summed E-state index contributed by atoms with van der Waals surface area (Å²) >= 11 is 0. The molecule has 0 bridgehead atoms. The highest BCUT2D eigenvalue weighted by atomic mass is 28.4. The van der Waals surface area contributed by atoms with Crippen LogP contribution in [0.15, 0.2) is 121 Å². The monoisotopic (exact) mass is 739 g/mol. The third-order valence-corrected chi connectivity index (χ3v) is 20.7. The first kappa shape index (κ1) is 40.3. The van der Waals surface area contributed by atoms with Crippen LogP contribution < -0.4 is 26.5 Å². The van der Waals surface area contributed by atoms with E-state index < -0.39 is 16.6 Å². The maximum atomic E-state index is 9.22. The lowest BCUT2D eigenvalue weighted by molar-refractivity contribution is 0.0754. The minimum Gasteiger partial charge on any atom is -0.402 e. The summed E-state index contributed by atoms with van der Waals surface area (Å²) in [7, 11) is -4.99. The van der Waals surface area contributed by atoms with E-state index in [0.29, 0.717) is 26.2 Å². The molecule has 2 heterocycles. The van der Waals surface area contributed by atoms with Gasteiger partial charge in [0, 0.05) is 19.4 Å². The van der Waals surface area contributed by atoms with Gasteiger partial charge in [0.15, 0.2) is 0 Å². The topological polar surface area (TPSA) is 83.2 Å². The van der Waals surface area contributed by atoms with Crippen molar-refractivity contribution < 1.29 is 23.4 Å². The Bertz CT molecular complexity index is 1410. The number of rotatable bonds is 12. The van der Waals surface area contributed by atoms with Crippen LogP contribution in [0.4, 0.5) is 0 Å². The van der Waals surface area contributed by atoms with E-state index >= 15 is 0 Å². The molecule has 0 radical (unpaired) electrons. The van der Waals surface area contributed by atoms with Crippen molar-refractivity contribution in [1.29, 1.82) is 0 Å². The van der Waals surface area contributed by atoms with Crippen molar-refractivity contribution in [2.75, 3.05) is 26.4 Å². The highest BCUT2D eigenvalue weighted by molar-refractivity contribution is 7.00. The van der Waals surface area contributed by atoms with Gasteiger partial charge in [-0.2, -0.15) is 0 Å². The van der Waals surface area contributed by atoms with Crippen LogP contribution in [0.2, 0.25) is 10.1 Å². The average molecular weight is 740 g/mol. The Morgan fingerprint density at radius 2 is 0.865 bits per heavy atom. The van der Waals surface area contributed by atoms with Crippen molar-refractivity contribution in [3.8, 4) is 0 Å². The summed E-state index contributed by atoms with van der Waals surface area (Å²) in [5.41, 5.74) is 5.72. The fraction of sp³-hybridized carbons (Fsp3) is 0.455. The van der Waals surface area contributed by atoms with Gasteiger partial charge in [0.05, 0.1) is 37.6 Å². The molecule has 0 spiro atoms. The maximum Gasteiger partial charge on any atom is 0.261 e. The normalized spacial score (nSPS) is 21.1. The van der Waals surface area contributed by atoms with Gasteiger partial charge >= 0.3 is 0 Å². The van der Waals surface area contributed by atoms with Gasteiger partial charge in [-0.1, -0.05) is 163 Å². The Morgan fingerprint density at radius 3 is 1.13 bits per heavy atom. The van der Waals surface area contributed by atoms with E-state index in [1.54, 1.807) is 0 Å². The van der Waals surface area contributed by atoms with E-state index in [1.165, 1.54) is 20.7 Å². The van der Waals surface area contributed by atoms with Crippen LogP contribution in [0.25, 0.3) is 0 Å². The van der Waals surface area contributed by atoms with E-state index in [-0.39, 0.29) is 41.1 Å². The quantitative estimate of drug-likeness (QED) is 0.169. The first-order chi connectivity index (χ1) is 24.9. The number of hydrogen-bond acceptors (Lipinski definition) is 6. The molecular weight excluding hydrogens is 679 g/mol. The molecule has 0 saturated carbocycles. The molecule has 0 unspecified atom stereocenters. The van der Waals surface area contributed by atoms with Crippen LogP contribution in [0.1, 0.15) is 67.2 Å². The van der Waals surface area contributed by atoms with Gasteiger partial charge in [-0.25, -0.2) is 0 Å². The molecule has 4 aromatic carbocycles. The molecule has 280 valence electrons. The van der Waals surface area contributed by atoms with Crippen LogP contribution in [0.3, 0.4) is 0 Å². The summed E-state index contributed by atoms with van der Waals surface area (Å²) in [6, 6.07) is 43.0. The Hall–Kier alpha value is -2.93. The fourth-order valence-corrected chi connectivity index (χ4v) is 17.5. The summed E-state index contributed by atoms with van der Waals surface area (Å²) in [6.45, 7) is 15.9. The predicted molar refractivity (Wildman–Crippen MR) is 219 cm³/mol. The molecule has 6 nitrogen and oxygen atoms in total. The minimum absolute atomic E-state index is 0.00165. The van der Waals surface area contributed by atoms with Gasteiger partial charge in [-0.3, -0.25) is 0 Å². The van der Waals surface area contributed by atoms with Crippen molar-refractivity contribution in [2.24, 2.45) is 5.73 Å². The van der Waals surface area contributed by atoms with Crippen molar-refractivity contribution in [2.45, 2.75) is 102 Å². The molecule has 6 rings (SSSR count). The van der Waals surface area contributed by atoms with Crippen molar-refractivity contribution in [3.63, 3.8) is 0 Å². The van der Waals surface area contributed by atoms with E-state index in [9.17, 15) is 5.11 Å². The number of benzene rings is 4. The van der Waals surface area contributed by atoms with Crippen LogP contribution in [-0.2, 0) is 18.3 Å². The van der Waals surface area contributed by atoms with E-state index in [2.05, 4.69) is 163 Å². The second kappa shape index (κ2) is 17.9. The van der Waals surface area contributed by atoms with E-state index in [4.69, 9.17) is 24.1 Å². The lowest BCUT2D eigenvalue weighted by Gasteiger charge is -2.44. The standard InChI is InChI=1S/C22H31NO2Si.C22H30O3Si/c2*1-22(2,3)26(20-10-6-4-7-11-20,21-12-8-5-9-13-21)25-19-16-18(14-15-23)24-17-19/h4-13,18-19H,14-17,23H2,1-3H3;4-13,18-19,23H,14-17H2,1-3H3/t2*18-,19-/m11/s1. The van der Waals surface area contributed by atoms with Gasteiger partial charge in [0.2, 0.25) is 0 Å². The third-order valence-electron chi connectivity index (χ3n) is 10.5. The predicted octanol–water partition coefficient (Wildman–Crippen LogP) is 6.17. The van der Waals surface area contributed by atoms with Gasteiger partial charge in [0.1, 0.15) is 0 Å². The molecule has 0 aliphatic carbocycles. The van der Waals surface area contributed by atoms with Crippen LogP contribution in [-0.4, -0.2) is 72.5 Å². The number of aliphatic hydroxyl groups excluding tert-OH is 1. The lowest BCUT2D eigenvalue weighted by Crippen LogP contribution is -2.67. The molecule has 4 aromatic rings. The van der Waals surface area contributed by atoms with Crippen molar-refractivity contribution in [1.82, 2.24) is 0 Å². The number of hydrogen-bond donors (Lipinski definition) is 2. The molecule has 2 fully saturated rings. The Morgan fingerprint density at radius 1 is 0.558 bits per heavy atom. The van der Waals surface area contributed by atoms with Gasteiger partial charge in [-0.05, 0) is 50.2 Å². The Balaban J connectivity index is 0.000000201. The van der Waals surface area contributed by atoms with Crippen molar-refractivity contribution >= 4 is 37.4 Å². The number of ether oxygens (including phenoxy) is 2. The maximum absolute atomic E-state index is 9.22. The highest BCUT2D eigenvalue weighted by Crippen LogP contribution is 2.40. The summed E-state index contributed by atoms with van der Waals surface area (Å²) in [5.74, 6) is 0. The van der Waals surface area contributed by atoms with Crippen LogP contribution in [0.5, 0.6) is 0 Å². The molecule has 0 aromatic heterocycles. The van der Waals surface area contributed by atoms with Crippen molar-refractivity contribution in [3.05, 3.63) is 121 Å². The summed E-state index contributed by atoms with van der Waals surface area (Å²) in [6.07, 6.45) is 3.88. The molecule has 0 amide bonds. The molecule has 2 saturated heterocycles. The van der Waals surface area contributed by atoms with Crippen LogP contribution >= 0.6 is 0 Å². The average Bonchev–Trinajstić information content (AvgIpc) is 3.79. The van der Waals surface area contributed by atoms with Gasteiger partial charge in [-0.15, -0.1) is 0 Å². The molecule has 3 N–H and O–H groups in total. The zero-order chi connectivity index (χ0) is 37.2. The van der Waals surface area contributed by atoms with Gasteiger partial charge < -0.3 is 29.2 Å². The summed E-state index contributed by atoms with van der Waals surface area (Å²) in [5, 5.41) is 14.4. The Labute approximate surface area is 314 Å². The smallest absolute Gasteiger partial charge is 0.261 e. The molecule has 52 heavy (non-hydrogen) atoms. The fourth-order valence-electron chi connectivity index (χ4n) is 8.12. The number of aliphatic hydroxyl groups is 1. The van der Waals surface area contributed by atoms with E-state index in [1.807, 2.05) is 0 Å². The summed E-state index contributed by atoms with van der Waals surface area (Å²) < 4.78 is 26.0. The van der Waals surface area contributed by atoms with E-state index in [0.717, 1.165) is 19.3 Å². The Kier molecular flexibility index (Phi) is 13.9. The zero-order valence-electron chi connectivity index (χ0n) is 32.2. The minimum atomic E-state index is -2.51.